The van der Waals surface area contributed by atoms with Crippen molar-refractivity contribution in [2.75, 3.05) is 33.4 Å². The van der Waals surface area contributed by atoms with E-state index in [2.05, 4.69) is 14.7 Å². The molecule has 16 nitrogen and oxygen atoms in total. The van der Waals surface area contributed by atoms with Gasteiger partial charge in [0, 0.05) is 34.3 Å². The zero-order valence-electron chi connectivity index (χ0n) is 30.1. The normalized spacial score (nSPS) is 11.1. The standard InChI is InChI=1S/C39H36N4O10.CH2O2/c1-49-35-16-4-5-17-36(35)50-20-19-41(39(44)30-12-7-10-28(22-30)25-53-43(47)48)23-31(29-11-6-9-27(21-29)24-52-42(45)46)26-51-37-18-8-15-34-38(37)32-13-2-3-14-33(32)40-34;2-1-3/h2-18,21-22,31,40H,19-20,23-26H2,1H3;1H,(H,2,3). The van der Waals surface area contributed by atoms with Crippen LogP contribution in [0.2, 0.25) is 0 Å². The minimum absolute atomic E-state index is 0.106. The van der Waals surface area contributed by atoms with Crippen molar-refractivity contribution in [3.8, 4) is 17.2 Å². The maximum atomic E-state index is 14.3. The minimum atomic E-state index is -0.887. The van der Waals surface area contributed by atoms with Gasteiger partial charge in [-0.3, -0.25) is 9.59 Å². The number of methoxy groups -OCH3 is 1. The summed E-state index contributed by atoms with van der Waals surface area (Å²) in [5.41, 5.74) is 3.94. The van der Waals surface area contributed by atoms with Crippen LogP contribution in [0.15, 0.2) is 115 Å². The Morgan fingerprint density at radius 3 is 2.11 bits per heavy atom. The number of benzene rings is 5. The molecule has 0 spiro atoms. The fraction of sp³-hybridized carbons (Fsp3) is 0.200. The maximum absolute atomic E-state index is 14.3. The Labute approximate surface area is 319 Å². The highest BCUT2D eigenvalue weighted by Gasteiger charge is 2.24. The number of hydrogen-bond acceptors (Lipinski definition) is 11. The number of para-hydroxylation sites is 3. The second kappa shape index (κ2) is 19.6. The van der Waals surface area contributed by atoms with Crippen molar-refractivity contribution in [1.29, 1.82) is 0 Å². The number of amides is 1. The Balaban J connectivity index is 0.00000194. The van der Waals surface area contributed by atoms with Crippen LogP contribution in [0.5, 0.6) is 17.2 Å². The van der Waals surface area contributed by atoms with Gasteiger partial charge >= 0.3 is 0 Å². The molecule has 5 aromatic carbocycles. The van der Waals surface area contributed by atoms with Crippen LogP contribution < -0.4 is 14.2 Å². The zero-order chi connectivity index (χ0) is 39.9. The number of carbonyl (C=O) groups excluding carboxylic acids is 1. The molecule has 0 saturated heterocycles. The number of H-pyrrole nitrogens is 1. The third-order valence-electron chi connectivity index (χ3n) is 8.62. The Morgan fingerprint density at radius 2 is 1.39 bits per heavy atom. The molecule has 1 atom stereocenters. The number of ether oxygens (including phenoxy) is 3. The number of aromatic nitrogens is 1. The van der Waals surface area contributed by atoms with Gasteiger partial charge in [0.25, 0.3) is 22.6 Å². The molecule has 6 aromatic rings. The molecule has 0 aliphatic carbocycles. The second-order valence-corrected chi connectivity index (χ2v) is 12.2. The molecular weight excluding hydrogens is 728 g/mol. The van der Waals surface area contributed by atoms with Gasteiger partial charge in [0.2, 0.25) is 0 Å². The van der Waals surface area contributed by atoms with E-state index in [1.54, 1.807) is 66.6 Å². The first-order valence-electron chi connectivity index (χ1n) is 17.2. The lowest BCUT2D eigenvalue weighted by Crippen LogP contribution is -2.39. The predicted octanol–water partition coefficient (Wildman–Crippen LogP) is 6.83. The van der Waals surface area contributed by atoms with E-state index >= 15 is 0 Å². The lowest BCUT2D eigenvalue weighted by atomic mass is 9.96. The van der Waals surface area contributed by atoms with Gasteiger partial charge in [-0.05, 0) is 59.2 Å². The summed E-state index contributed by atoms with van der Waals surface area (Å²) < 4.78 is 18.1. The second-order valence-electron chi connectivity index (χ2n) is 12.2. The molecular formula is C40H38N4O12. The van der Waals surface area contributed by atoms with Gasteiger partial charge in [-0.1, -0.05) is 72.8 Å². The predicted molar refractivity (Wildman–Crippen MR) is 204 cm³/mol. The fourth-order valence-electron chi connectivity index (χ4n) is 6.15. The summed E-state index contributed by atoms with van der Waals surface area (Å²) >= 11 is 0. The number of nitrogens with zero attached hydrogens (tertiary/aromatic N) is 3. The summed E-state index contributed by atoms with van der Waals surface area (Å²) in [4.78, 5) is 58.8. The van der Waals surface area contributed by atoms with Crippen molar-refractivity contribution >= 4 is 34.2 Å². The summed E-state index contributed by atoms with van der Waals surface area (Å²) in [6.45, 7) is -0.295. The lowest BCUT2D eigenvalue weighted by Gasteiger charge is -2.29. The average molecular weight is 767 g/mol. The molecule has 0 aliphatic heterocycles. The highest BCUT2D eigenvalue weighted by Crippen LogP contribution is 2.34. The first kappa shape index (κ1) is 39.8. The van der Waals surface area contributed by atoms with Gasteiger partial charge in [0.1, 0.15) is 25.6 Å². The summed E-state index contributed by atoms with van der Waals surface area (Å²) in [6.07, 6.45) is 0. The molecule has 290 valence electrons. The maximum Gasteiger partial charge on any atom is 0.294 e. The highest BCUT2D eigenvalue weighted by molar-refractivity contribution is 6.10. The smallest absolute Gasteiger partial charge is 0.294 e. The van der Waals surface area contributed by atoms with Crippen LogP contribution in [0.4, 0.5) is 0 Å². The molecule has 1 amide bonds. The topological polar surface area (TPSA) is 206 Å². The third kappa shape index (κ3) is 10.6. The van der Waals surface area contributed by atoms with Crippen molar-refractivity contribution in [2.24, 2.45) is 0 Å². The first-order valence-corrected chi connectivity index (χ1v) is 17.2. The largest absolute Gasteiger partial charge is 0.493 e. The molecule has 1 heterocycles. The Morgan fingerprint density at radius 1 is 0.786 bits per heavy atom. The van der Waals surface area contributed by atoms with Gasteiger partial charge in [-0.25, -0.2) is 0 Å². The van der Waals surface area contributed by atoms with E-state index in [4.69, 9.17) is 24.1 Å². The van der Waals surface area contributed by atoms with Crippen LogP contribution >= 0.6 is 0 Å². The minimum Gasteiger partial charge on any atom is -0.493 e. The molecule has 16 heteroatoms. The van der Waals surface area contributed by atoms with E-state index in [1.165, 1.54) is 0 Å². The molecule has 56 heavy (non-hydrogen) atoms. The van der Waals surface area contributed by atoms with E-state index in [0.29, 0.717) is 33.9 Å². The van der Waals surface area contributed by atoms with Crippen molar-refractivity contribution in [3.63, 3.8) is 0 Å². The number of rotatable bonds is 18. The van der Waals surface area contributed by atoms with Crippen LogP contribution in [0, 0.1) is 20.2 Å². The average Bonchev–Trinajstić information content (AvgIpc) is 3.60. The molecule has 2 N–H and O–H groups in total. The SMILES string of the molecule is COc1ccccc1OCCN(CC(COc1cccc2[nH]c3ccccc3c12)c1cccc(CO[N+](=O)[O-])c1)C(=O)c1cccc(CO[N+](=O)[O-])c1.O=CO. The Kier molecular flexibility index (Phi) is 14.0. The van der Waals surface area contributed by atoms with E-state index < -0.39 is 16.1 Å². The molecule has 1 aromatic heterocycles. The summed E-state index contributed by atoms with van der Waals surface area (Å²) in [5, 5.41) is 28.9. The van der Waals surface area contributed by atoms with Crippen molar-refractivity contribution in [3.05, 3.63) is 158 Å². The molecule has 0 saturated carbocycles. The molecule has 0 radical (unpaired) electrons. The molecule has 0 bridgehead atoms. The Hall–Kier alpha value is -7.36. The van der Waals surface area contributed by atoms with Crippen molar-refractivity contribution < 1.29 is 48.8 Å². The number of nitrogens with one attached hydrogen (secondary N) is 1. The summed E-state index contributed by atoms with van der Waals surface area (Å²) in [7, 11) is 1.54. The van der Waals surface area contributed by atoms with Crippen LogP contribution in [-0.2, 0) is 27.7 Å². The van der Waals surface area contributed by atoms with Gasteiger partial charge in [-0.15, -0.1) is 20.2 Å². The first-order chi connectivity index (χ1) is 27.2. The molecule has 0 fully saturated rings. The van der Waals surface area contributed by atoms with Gasteiger partial charge in [-0.2, -0.15) is 0 Å². The van der Waals surface area contributed by atoms with Crippen LogP contribution in [0.25, 0.3) is 21.8 Å². The molecule has 1 unspecified atom stereocenters. The Bertz CT molecular complexity index is 2280. The number of fused-ring (bicyclic) bond motifs is 3. The molecule has 0 aliphatic rings. The monoisotopic (exact) mass is 766 g/mol. The fourth-order valence-corrected chi connectivity index (χ4v) is 6.15. The van der Waals surface area contributed by atoms with E-state index in [9.17, 15) is 25.0 Å². The number of carbonyl (C=O) groups is 2. The van der Waals surface area contributed by atoms with E-state index in [-0.39, 0.29) is 51.9 Å². The van der Waals surface area contributed by atoms with Gasteiger partial charge in [0.15, 0.2) is 11.5 Å². The van der Waals surface area contributed by atoms with E-state index in [1.807, 2.05) is 60.7 Å². The highest BCUT2D eigenvalue weighted by atomic mass is 17.0. The van der Waals surface area contributed by atoms with Crippen LogP contribution in [0.1, 0.15) is 33.0 Å². The molecule has 6 rings (SSSR count). The lowest BCUT2D eigenvalue weighted by molar-refractivity contribution is -0.763. The summed E-state index contributed by atoms with van der Waals surface area (Å²) in [6, 6.07) is 34.5. The summed E-state index contributed by atoms with van der Waals surface area (Å²) in [5.74, 6) is 0.894. The van der Waals surface area contributed by atoms with Crippen LogP contribution in [0.3, 0.4) is 0 Å². The van der Waals surface area contributed by atoms with Crippen LogP contribution in [-0.4, -0.2) is 71.0 Å². The van der Waals surface area contributed by atoms with Crippen molar-refractivity contribution in [2.45, 2.75) is 19.1 Å². The van der Waals surface area contributed by atoms with Gasteiger partial charge in [0.05, 0.1) is 25.8 Å². The van der Waals surface area contributed by atoms with Gasteiger partial charge < -0.3 is 38.9 Å². The van der Waals surface area contributed by atoms with E-state index in [0.717, 1.165) is 27.4 Å². The number of aromatic amines is 1. The quantitative estimate of drug-likeness (QED) is 0.0525. The number of carboxylic acid groups (broad SMARTS) is 1. The number of hydrogen-bond donors (Lipinski definition) is 2. The van der Waals surface area contributed by atoms with Crippen molar-refractivity contribution in [1.82, 2.24) is 9.88 Å². The third-order valence-corrected chi connectivity index (χ3v) is 8.62. The zero-order valence-corrected chi connectivity index (χ0v) is 30.1.